The molecule has 0 saturated heterocycles. The van der Waals surface area contributed by atoms with Crippen LogP contribution in [-0.2, 0) is 21.4 Å². The summed E-state index contributed by atoms with van der Waals surface area (Å²) in [4.78, 5) is 12.6. The molecule has 0 atom stereocenters. The van der Waals surface area contributed by atoms with Crippen molar-refractivity contribution >= 4 is 21.7 Å². The van der Waals surface area contributed by atoms with E-state index in [4.69, 9.17) is 9.15 Å². The van der Waals surface area contributed by atoms with Gasteiger partial charge >= 0.3 is 5.97 Å². The van der Waals surface area contributed by atoms with Gasteiger partial charge in [0.2, 0.25) is 5.89 Å². The Morgan fingerprint density at radius 2 is 1.68 bits per heavy atom. The van der Waals surface area contributed by atoms with E-state index in [0.717, 1.165) is 5.56 Å². The van der Waals surface area contributed by atoms with Gasteiger partial charge in [0.05, 0.1) is 22.7 Å². The van der Waals surface area contributed by atoms with Crippen molar-refractivity contribution in [1.29, 1.82) is 0 Å². The van der Waals surface area contributed by atoms with Crippen molar-refractivity contribution in [2.45, 2.75) is 11.5 Å². The van der Waals surface area contributed by atoms with Gasteiger partial charge in [0.15, 0.2) is 6.61 Å². The molecule has 0 aliphatic carbocycles. The molecule has 1 aromatic heterocycles. The largest absolute Gasteiger partial charge is 0.452 e. The molecule has 0 fully saturated rings. The molecular weight excluding hydrogens is 454 g/mol. The van der Waals surface area contributed by atoms with Crippen LogP contribution in [0.4, 0.5) is 5.69 Å². The number of hydrogen-bond donors (Lipinski definition) is 0. The first-order valence-electron chi connectivity index (χ1n) is 10.3. The lowest BCUT2D eigenvalue weighted by Crippen LogP contribution is -2.31. The Balaban J connectivity index is 1.50. The predicted molar refractivity (Wildman–Crippen MR) is 126 cm³/mol. The van der Waals surface area contributed by atoms with E-state index in [1.165, 1.54) is 34.6 Å². The van der Waals surface area contributed by atoms with Crippen LogP contribution >= 0.6 is 0 Å². The van der Waals surface area contributed by atoms with Crippen LogP contribution in [0, 0.1) is 0 Å². The monoisotopic (exact) mass is 475 g/mol. The molecule has 0 radical (unpaired) electrons. The maximum Gasteiger partial charge on any atom is 0.338 e. The molecule has 0 aliphatic heterocycles. The second-order valence-corrected chi connectivity index (χ2v) is 8.99. The molecule has 0 saturated carbocycles. The summed E-state index contributed by atoms with van der Waals surface area (Å²) in [6, 6.07) is 23.5. The fourth-order valence-electron chi connectivity index (χ4n) is 3.18. The molecule has 0 spiro atoms. The first-order chi connectivity index (χ1) is 16.5. The number of para-hydroxylation sites is 1. The molecule has 4 aromatic rings. The molecule has 1 heterocycles. The van der Waals surface area contributed by atoms with Gasteiger partial charge in [0.1, 0.15) is 0 Å². The summed E-state index contributed by atoms with van der Waals surface area (Å²) in [5, 5.41) is 7.83. The average molecular weight is 476 g/mol. The lowest BCUT2D eigenvalue weighted by atomic mass is 10.2. The molecule has 3 aromatic carbocycles. The third-order valence-electron chi connectivity index (χ3n) is 4.81. The number of ether oxygens (including phenoxy) is 1. The zero-order valence-corrected chi connectivity index (χ0v) is 18.9. The van der Waals surface area contributed by atoms with Crippen LogP contribution in [0.15, 0.2) is 107 Å². The number of rotatable bonds is 9. The molecule has 9 heteroatoms. The third kappa shape index (κ3) is 5.05. The summed E-state index contributed by atoms with van der Waals surface area (Å²) in [5.41, 5.74) is 1.31. The molecule has 0 bridgehead atoms. The number of sulfonamides is 1. The first kappa shape index (κ1) is 22.9. The van der Waals surface area contributed by atoms with Crippen LogP contribution in [0.5, 0.6) is 0 Å². The molecule has 172 valence electrons. The number of aromatic nitrogens is 2. The van der Waals surface area contributed by atoms with Crippen LogP contribution in [0.2, 0.25) is 0 Å². The first-order valence-corrected chi connectivity index (χ1v) is 11.8. The Morgan fingerprint density at radius 3 is 2.38 bits per heavy atom. The van der Waals surface area contributed by atoms with E-state index in [1.54, 1.807) is 30.3 Å². The Morgan fingerprint density at radius 1 is 0.971 bits per heavy atom. The highest BCUT2D eigenvalue weighted by molar-refractivity contribution is 7.92. The van der Waals surface area contributed by atoms with Crippen molar-refractivity contribution in [3.8, 4) is 11.5 Å². The van der Waals surface area contributed by atoms with Gasteiger partial charge in [0, 0.05) is 5.56 Å². The highest BCUT2D eigenvalue weighted by Gasteiger charge is 2.25. The Kier molecular flexibility index (Phi) is 6.84. The van der Waals surface area contributed by atoms with Crippen LogP contribution < -0.4 is 4.31 Å². The van der Waals surface area contributed by atoms with Crippen molar-refractivity contribution in [3.63, 3.8) is 0 Å². The van der Waals surface area contributed by atoms with Gasteiger partial charge in [-0.2, -0.15) is 0 Å². The molecule has 0 aliphatic rings. The normalized spacial score (nSPS) is 11.1. The minimum absolute atomic E-state index is 0.0446. The summed E-state index contributed by atoms with van der Waals surface area (Å²) in [6.07, 6.45) is 1.50. The summed E-state index contributed by atoms with van der Waals surface area (Å²) in [5.74, 6) is -0.285. The number of esters is 1. The number of benzene rings is 3. The topological polar surface area (TPSA) is 103 Å². The number of nitrogens with zero attached hydrogens (tertiary/aromatic N) is 3. The second-order valence-electron chi connectivity index (χ2n) is 7.13. The van der Waals surface area contributed by atoms with E-state index in [2.05, 4.69) is 16.8 Å². The smallest absolute Gasteiger partial charge is 0.338 e. The molecule has 34 heavy (non-hydrogen) atoms. The van der Waals surface area contributed by atoms with E-state index in [0.29, 0.717) is 11.6 Å². The Hall–Kier alpha value is -4.24. The van der Waals surface area contributed by atoms with E-state index >= 15 is 0 Å². The summed E-state index contributed by atoms with van der Waals surface area (Å²) in [7, 11) is -3.95. The molecular formula is C25H21N3O5S. The van der Waals surface area contributed by atoms with E-state index in [-0.39, 0.29) is 29.5 Å². The standard InChI is InChI=1S/C25H21N3O5S/c1-2-16-28(21-13-7-4-8-14-21)34(30,31)22-15-9-12-20(17-22)25(29)32-18-23-26-27-24(33-23)19-10-5-3-6-11-19/h2-15,17H,1,16,18H2. The maximum atomic E-state index is 13.3. The highest BCUT2D eigenvalue weighted by atomic mass is 32.2. The lowest BCUT2D eigenvalue weighted by molar-refractivity contribution is 0.0438. The van der Waals surface area contributed by atoms with Crippen molar-refractivity contribution in [1.82, 2.24) is 10.2 Å². The lowest BCUT2D eigenvalue weighted by Gasteiger charge is -2.23. The summed E-state index contributed by atoms with van der Waals surface area (Å²) >= 11 is 0. The highest BCUT2D eigenvalue weighted by Crippen LogP contribution is 2.24. The molecule has 0 N–H and O–H groups in total. The number of hydrogen-bond acceptors (Lipinski definition) is 7. The van der Waals surface area contributed by atoms with Gasteiger partial charge in [-0.15, -0.1) is 16.8 Å². The predicted octanol–water partition coefficient (Wildman–Crippen LogP) is 4.47. The van der Waals surface area contributed by atoms with Crippen molar-refractivity contribution in [2.24, 2.45) is 0 Å². The SMILES string of the molecule is C=CCN(c1ccccc1)S(=O)(=O)c1cccc(C(=O)OCc2nnc(-c3ccccc3)o2)c1. The van der Waals surface area contributed by atoms with Crippen molar-refractivity contribution in [2.75, 3.05) is 10.8 Å². The minimum atomic E-state index is -3.95. The number of carbonyl (C=O) groups excluding carboxylic acids is 1. The van der Waals surface area contributed by atoms with Gasteiger partial charge in [-0.1, -0.05) is 48.5 Å². The van der Waals surface area contributed by atoms with Crippen LogP contribution in [-0.4, -0.2) is 31.1 Å². The molecule has 8 nitrogen and oxygen atoms in total. The van der Waals surface area contributed by atoms with Crippen molar-refractivity contribution < 1.29 is 22.4 Å². The zero-order chi connectivity index (χ0) is 24.0. The third-order valence-corrected chi connectivity index (χ3v) is 6.60. The van der Waals surface area contributed by atoms with Crippen LogP contribution in [0.1, 0.15) is 16.2 Å². The average Bonchev–Trinajstić information content (AvgIpc) is 3.36. The Labute approximate surface area is 197 Å². The van der Waals surface area contributed by atoms with Crippen LogP contribution in [0.25, 0.3) is 11.5 Å². The summed E-state index contributed by atoms with van der Waals surface area (Å²) < 4.78 is 38.6. The number of carbonyl (C=O) groups is 1. The molecule has 0 unspecified atom stereocenters. The van der Waals surface area contributed by atoms with Crippen LogP contribution in [0.3, 0.4) is 0 Å². The van der Waals surface area contributed by atoms with E-state index in [1.807, 2.05) is 30.3 Å². The van der Waals surface area contributed by atoms with E-state index in [9.17, 15) is 13.2 Å². The zero-order valence-electron chi connectivity index (χ0n) is 18.1. The maximum absolute atomic E-state index is 13.3. The second kappa shape index (κ2) is 10.1. The van der Waals surface area contributed by atoms with Gasteiger partial charge in [0.25, 0.3) is 15.9 Å². The fourth-order valence-corrected chi connectivity index (χ4v) is 4.67. The van der Waals surface area contributed by atoms with E-state index < -0.39 is 16.0 Å². The fraction of sp³-hybridized carbons (Fsp3) is 0.0800. The van der Waals surface area contributed by atoms with Gasteiger partial charge < -0.3 is 9.15 Å². The summed E-state index contributed by atoms with van der Waals surface area (Å²) in [6.45, 7) is 3.48. The Bertz CT molecular complexity index is 1390. The van der Waals surface area contributed by atoms with Gasteiger partial charge in [-0.25, -0.2) is 13.2 Å². The van der Waals surface area contributed by atoms with Crippen molar-refractivity contribution in [3.05, 3.63) is 109 Å². The quantitative estimate of drug-likeness (QED) is 0.260. The minimum Gasteiger partial charge on any atom is -0.452 e. The number of anilines is 1. The van der Waals surface area contributed by atoms with Gasteiger partial charge in [-0.05, 0) is 42.5 Å². The van der Waals surface area contributed by atoms with Gasteiger partial charge in [-0.3, -0.25) is 4.31 Å². The molecule has 0 amide bonds. The molecule has 4 rings (SSSR count).